The van der Waals surface area contributed by atoms with Gasteiger partial charge in [-0.1, -0.05) is 29.8 Å². The Kier molecular flexibility index (Phi) is 5.20. The van der Waals surface area contributed by atoms with Crippen molar-refractivity contribution in [2.45, 2.75) is 13.8 Å². The van der Waals surface area contributed by atoms with Crippen LogP contribution in [0.15, 0.2) is 24.3 Å². The highest BCUT2D eigenvalue weighted by Crippen LogP contribution is 2.35. The van der Waals surface area contributed by atoms with Gasteiger partial charge in [-0.15, -0.1) is 11.3 Å². The van der Waals surface area contributed by atoms with Crippen molar-refractivity contribution >= 4 is 44.9 Å². The molecule has 0 unspecified atom stereocenters. The van der Waals surface area contributed by atoms with Crippen LogP contribution in [0.25, 0.3) is 10.1 Å². The number of carbonyl (C=O) groups is 2. The van der Waals surface area contributed by atoms with Crippen molar-refractivity contribution in [3.8, 4) is 0 Å². The van der Waals surface area contributed by atoms with Crippen LogP contribution >= 0.6 is 22.9 Å². The standard InChI is InChI=1S/C15H16ClNO3S/c1-3-17(9-12(18)20-4-2)15(19)14-13(16)10-7-5-6-8-11(10)21-14/h5-8H,3-4,9H2,1-2H3. The van der Waals surface area contributed by atoms with Crippen LogP contribution in [0.5, 0.6) is 0 Å². The molecular formula is C15H16ClNO3S. The van der Waals surface area contributed by atoms with E-state index in [0.717, 1.165) is 10.1 Å². The second kappa shape index (κ2) is 6.91. The molecular weight excluding hydrogens is 310 g/mol. The number of rotatable bonds is 5. The van der Waals surface area contributed by atoms with Crippen LogP contribution in [0.2, 0.25) is 5.02 Å². The molecule has 1 aromatic heterocycles. The SMILES string of the molecule is CCOC(=O)CN(CC)C(=O)c1sc2ccccc2c1Cl. The van der Waals surface area contributed by atoms with Gasteiger partial charge in [0.2, 0.25) is 0 Å². The van der Waals surface area contributed by atoms with Gasteiger partial charge in [0.05, 0.1) is 11.6 Å². The van der Waals surface area contributed by atoms with Crippen molar-refractivity contribution in [1.82, 2.24) is 4.90 Å². The van der Waals surface area contributed by atoms with Crippen LogP contribution in [0.4, 0.5) is 0 Å². The van der Waals surface area contributed by atoms with Gasteiger partial charge in [-0.25, -0.2) is 0 Å². The minimum atomic E-state index is -0.412. The lowest BCUT2D eigenvalue weighted by atomic mass is 10.2. The predicted octanol–water partition coefficient (Wildman–Crippen LogP) is 3.58. The number of fused-ring (bicyclic) bond motifs is 1. The Bertz CT molecular complexity index is 668. The molecule has 0 saturated carbocycles. The summed E-state index contributed by atoms with van der Waals surface area (Å²) in [6.45, 7) is 4.21. The van der Waals surface area contributed by atoms with Crippen molar-refractivity contribution in [2.24, 2.45) is 0 Å². The Balaban J connectivity index is 2.27. The van der Waals surface area contributed by atoms with Gasteiger partial charge in [0.25, 0.3) is 5.91 Å². The number of thiophene rings is 1. The van der Waals surface area contributed by atoms with Crippen LogP contribution in [0, 0.1) is 0 Å². The number of esters is 1. The third kappa shape index (κ3) is 3.36. The fraction of sp³-hybridized carbons (Fsp3) is 0.333. The highest BCUT2D eigenvalue weighted by atomic mass is 35.5. The van der Waals surface area contributed by atoms with Crippen LogP contribution in [0.1, 0.15) is 23.5 Å². The molecule has 6 heteroatoms. The lowest BCUT2D eigenvalue weighted by Gasteiger charge is -2.19. The number of halogens is 1. The van der Waals surface area contributed by atoms with Crippen LogP contribution in [-0.4, -0.2) is 36.5 Å². The molecule has 4 nitrogen and oxygen atoms in total. The number of likely N-dealkylation sites (N-methyl/N-ethyl adjacent to an activating group) is 1. The minimum Gasteiger partial charge on any atom is -0.465 e. The van der Waals surface area contributed by atoms with E-state index in [4.69, 9.17) is 16.3 Å². The first-order valence-electron chi connectivity index (χ1n) is 6.70. The molecule has 0 N–H and O–H groups in total. The zero-order valence-electron chi connectivity index (χ0n) is 11.9. The second-order valence-corrected chi connectivity index (χ2v) is 5.80. The monoisotopic (exact) mass is 325 g/mol. The molecule has 0 aliphatic heterocycles. The maximum absolute atomic E-state index is 12.6. The van der Waals surface area contributed by atoms with Crippen LogP contribution in [-0.2, 0) is 9.53 Å². The molecule has 112 valence electrons. The molecule has 1 heterocycles. The Morgan fingerprint density at radius 1 is 1.29 bits per heavy atom. The normalized spacial score (nSPS) is 10.6. The molecule has 0 aliphatic rings. The van der Waals surface area contributed by atoms with Crippen LogP contribution < -0.4 is 0 Å². The van der Waals surface area contributed by atoms with E-state index >= 15 is 0 Å². The summed E-state index contributed by atoms with van der Waals surface area (Å²) in [7, 11) is 0. The first-order chi connectivity index (χ1) is 10.1. The number of carbonyl (C=O) groups excluding carboxylic acids is 2. The third-order valence-corrected chi connectivity index (χ3v) is 4.69. The molecule has 0 radical (unpaired) electrons. The van der Waals surface area contributed by atoms with E-state index < -0.39 is 5.97 Å². The largest absolute Gasteiger partial charge is 0.465 e. The lowest BCUT2D eigenvalue weighted by Crippen LogP contribution is -2.36. The Morgan fingerprint density at radius 3 is 2.62 bits per heavy atom. The zero-order chi connectivity index (χ0) is 15.4. The summed E-state index contributed by atoms with van der Waals surface area (Å²) in [6.07, 6.45) is 0. The number of hydrogen-bond donors (Lipinski definition) is 0. The molecule has 0 atom stereocenters. The Morgan fingerprint density at radius 2 is 2.00 bits per heavy atom. The molecule has 1 amide bonds. The van der Waals surface area contributed by atoms with Crippen molar-refractivity contribution in [3.05, 3.63) is 34.2 Å². The van der Waals surface area contributed by atoms with Gasteiger partial charge in [-0.05, 0) is 19.9 Å². The quantitative estimate of drug-likeness (QED) is 0.789. The predicted molar refractivity (Wildman–Crippen MR) is 85.0 cm³/mol. The van der Waals surface area contributed by atoms with Gasteiger partial charge in [0.15, 0.2) is 0 Å². The van der Waals surface area contributed by atoms with E-state index in [2.05, 4.69) is 0 Å². The molecule has 0 bridgehead atoms. The number of ether oxygens (including phenoxy) is 1. The van der Waals surface area contributed by atoms with Crippen molar-refractivity contribution in [1.29, 1.82) is 0 Å². The topological polar surface area (TPSA) is 46.6 Å². The summed E-state index contributed by atoms with van der Waals surface area (Å²) in [6, 6.07) is 7.59. The van der Waals surface area contributed by atoms with Crippen molar-refractivity contribution < 1.29 is 14.3 Å². The van der Waals surface area contributed by atoms with Gasteiger partial charge >= 0.3 is 5.97 Å². The number of hydrogen-bond acceptors (Lipinski definition) is 4. The third-order valence-electron chi connectivity index (χ3n) is 3.02. The summed E-state index contributed by atoms with van der Waals surface area (Å²) in [5, 5.41) is 1.31. The molecule has 21 heavy (non-hydrogen) atoms. The van der Waals surface area contributed by atoms with Crippen molar-refractivity contribution in [3.63, 3.8) is 0 Å². The molecule has 2 aromatic rings. The summed E-state index contributed by atoms with van der Waals surface area (Å²) in [5.74, 6) is -0.651. The van der Waals surface area contributed by atoms with Crippen molar-refractivity contribution in [2.75, 3.05) is 19.7 Å². The Labute approximate surface area is 132 Å². The summed E-state index contributed by atoms with van der Waals surface area (Å²) < 4.78 is 5.84. The molecule has 0 spiro atoms. The van der Waals surface area contributed by atoms with E-state index in [1.54, 1.807) is 6.92 Å². The van der Waals surface area contributed by atoms with Gasteiger partial charge in [0.1, 0.15) is 11.4 Å². The van der Waals surface area contributed by atoms with E-state index in [-0.39, 0.29) is 12.5 Å². The molecule has 0 fully saturated rings. The summed E-state index contributed by atoms with van der Waals surface area (Å²) in [5.41, 5.74) is 0. The molecule has 1 aromatic carbocycles. The number of nitrogens with zero attached hydrogens (tertiary/aromatic N) is 1. The fourth-order valence-corrected chi connectivity index (χ4v) is 3.46. The van der Waals surface area contributed by atoms with E-state index in [1.807, 2.05) is 31.2 Å². The molecule has 0 aliphatic carbocycles. The molecule has 0 saturated heterocycles. The maximum atomic E-state index is 12.6. The van der Waals surface area contributed by atoms with Gasteiger partial charge in [-0.3, -0.25) is 9.59 Å². The Hall–Kier alpha value is -1.59. The van der Waals surface area contributed by atoms with E-state index in [0.29, 0.717) is 23.1 Å². The summed E-state index contributed by atoms with van der Waals surface area (Å²) in [4.78, 5) is 26.0. The maximum Gasteiger partial charge on any atom is 0.325 e. The van der Waals surface area contributed by atoms with E-state index in [9.17, 15) is 9.59 Å². The zero-order valence-corrected chi connectivity index (χ0v) is 13.5. The number of benzene rings is 1. The van der Waals surface area contributed by atoms with Gasteiger partial charge in [-0.2, -0.15) is 0 Å². The first-order valence-corrected chi connectivity index (χ1v) is 7.89. The fourth-order valence-electron chi connectivity index (χ4n) is 1.98. The highest BCUT2D eigenvalue weighted by molar-refractivity contribution is 7.21. The average Bonchev–Trinajstić information content (AvgIpc) is 2.82. The van der Waals surface area contributed by atoms with Gasteiger partial charge in [0, 0.05) is 16.6 Å². The van der Waals surface area contributed by atoms with E-state index in [1.165, 1.54) is 16.2 Å². The first kappa shape index (κ1) is 15.8. The highest BCUT2D eigenvalue weighted by Gasteiger charge is 2.23. The second-order valence-electron chi connectivity index (χ2n) is 4.37. The average molecular weight is 326 g/mol. The smallest absolute Gasteiger partial charge is 0.325 e. The van der Waals surface area contributed by atoms with Gasteiger partial charge < -0.3 is 9.64 Å². The molecule has 2 rings (SSSR count). The minimum absolute atomic E-state index is 0.0618. The van der Waals surface area contributed by atoms with Crippen LogP contribution in [0.3, 0.4) is 0 Å². The summed E-state index contributed by atoms with van der Waals surface area (Å²) >= 11 is 7.64. The number of amides is 1. The lowest BCUT2D eigenvalue weighted by molar-refractivity contribution is -0.143.